The topological polar surface area (TPSA) is 52.2 Å². The summed E-state index contributed by atoms with van der Waals surface area (Å²) in [5, 5.41) is 3.67. The number of nitrogens with one attached hydrogen (secondary N) is 1. The Balaban J connectivity index is 1.83. The van der Waals surface area contributed by atoms with Gasteiger partial charge in [0.2, 0.25) is 0 Å². The summed E-state index contributed by atoms with van der Waals surface area (Å²) in [4.78, 5) is 2.16. The van der Waals surface area contributed by atoms with Crippen LogP contribution in [0, 0.1) is 5.92 Å². The molecule has 182 valence electrons. The first kappa shape index (κ1) is 25.2. The molecule has 33 heavy (non-hydrogen) atoms. The monoisotopic (exact) mass is 456 g/mol. The van der Waals surface area contributed by atoms with Crippen molar-refractivity contribution in [2.75, 3.05) is 54.6 Å². The predicted octanol–water partition coefficient (Wildman–Crippen LogP) is 4.69. The van der Waals surface area contributed by atoms with Crippen LogP contribution >= 0.6 is 0 Å². The highest BCUT2D eigenvalue weighted by atomic mass is 16.5. The molecule has 0 aromatic heterocycles. The Bertz CT molecular complexity index is 898. The van der Waals surface area contributed by atoms with Gasteiger partial charge in [0.05, 0.1) is 33.5 Å². The Morgan fingerprint density at radius 1 is 0.939 bits per heavy atom. The van der Waals surface area contributed by atoms with Gasteiger partial charge in [0.1, 0.15) is 0 Å². The fourth-order valence-corrected chi connectivity index (χ4v) is 4.08. The molecule has 0 saturated heterocycles. The number of nitrogens with zero attached hydrogens (tertiary/aromatic N) is 1. The molecule has 0 radical (unpaired) electrons. The highest BCUT2D eigenvalue weighted by Gasteiger charge is 2.25. The number of rotatable bonds is 12. The van der Waals surface area contributed by atoms with Crippen molar-refractivity contribution in [1.82, 2.24) is 10.2 Å². The molecule has 0 saturated carbocycles. The summed E-state index contributed by atoms with van der Waals surface area (Å²) < 4.78 is 23.4. The van der Waals surface area contributed by atoms with Crippen molar-refractivity contribution in [2.24, 2.45) is 5.92 Å². The summed E-state index contributed by atoms with van der Waals surface area (Å²) in [7, 11) is 7.55. The van der Waals surface area contributed by atoms with Crippen LogP contribution in [0.2, 0.25) is 0 Å². The van der Waals surface area contributed by atoms with E-state index >= 15 is 0 Å². The molecule has 2 aromatic carbocycles. The van der Waals surface area contributed by atoms with Crippen molar-refractivity contribution in [2.45, 2.75) is 39.2 Å². The van der Waals surface area contributed by atoms with Crippen LogP contribution in [0.25, 0.3) is 0 Å². The van der Waals surface area contributed by atoms with Gasteiger partial charge in [0.25, 0.3) is 0 Å². The van der Waals surface area contributed by atoms with Gasteiger partial charge >= 0.3 is 0 Å². The first-order valence-corrected chi connectivity index (χ1v) is 11.9. The molecular formula is C27H40N2O4. The molecule has 3 rings (SSSR count). The van der Waals surface area contributed by atoms with E-state index in [2.05, 4.69) is 62.4 Å². The summed E-state index contributed by atoms with van der Waals surface area (Å²) in [5.41, 5.74) is 3.65. The summed E-state index contributed by atoms with van der Waals surface area (Å²) >= 11 is 0. The molecule has 0 amide bonds. The fraction of sp³-hybridized carbons (Fsp3) is 0.556. The van der Waals surface area contributed by atoms with Gasteiger partial charge in [-0.3, -0.25) is 0 Å². The van der Waals surface area contributed by atoms with E-state index in [-0.39, 0.29) is 6.04 Å². The number of methoxy groups -OCH3 is 2. The van der Waals surface area contributed by atoms with Gasteiger partial charge < -0.3 is 29.2 Å². The van der Waals surface area contributed by atoms with E-state index in [0.29, 0.717) is 19.1 Å². The quantitative estimate of drug-likeness (QED) is 0.468. The number of fused-ring (bicyclic) bond motifs is 1. The predicted molar refractivity (Wildman–Crippen MR) is 133 cm³/mol. The molecule has 0 fully saturated rings. The Morgan fingerprint density at radius 2 is 1.67 bits per heavy atom. The van der Waals surface area contributed by atoms with E-state index in [4.69, 9.17) is 18.9 Å². The van der Waals surface area contributed by atoms with E-state index in [1.807, 2.05) is 6.07 Å². The summed E-state index contributed by atoms with van der Waals surface area (Å²) in [5.74, 6) is 3.75. The lowest BCUT2D eigenvalue weighted by Crippen LogP contribution is -2.30. The normalized spacial score (nSPS) is 15.5. The molecule has 1 unspecified atom stereocenters. The van der Waals surface area contributed by atoms with Gasteiger partial charge in [-0.15, -0.1) is 0 Å². The summed E-state index contributed by atoms with van der Waals surface area (Å²) in [6.07, 6.45) is 2.93. The number of benzene rings is 2. The minimum Gasteiger partial charge on any atom is -0.493 e. The highest BCUT2D eigenvalue weighted by molar-refractivity contribution is 5.53. The molecule has 2 aromatic rings. The average Bonchev–Trinajstić information content (AvgIpc) is 2.80. The highest BCUT2D eigenvalue weighted by Crippen LogP contribution is 2.39. The van der Waals surface area contributed by atoms with Crippen molar-refractivity contribution in [3.8, 4) is 23.0 Å². The van der Waals surface area contributed by atoms with Gasteiger partial charge in [-0.25, -0.2) is 0 Å². The SMILES string of the molecule is COc1cc2c(cc1OCCCN(C)C)C(c1ccc(OCCC(C)C)c(OC)c1)NCC2. The number of hydrogen-bond donors (Lipinski definition) is 1. The standard InChI is InChI=1S/C27H40N2O4/c1-19(2)11-15-33-23-9-8-21(17-24(23)30-5)27-22-18-26(32-14-7-13-29(3)4)25(31-6)16-20(22)10-12-28-27/h8-9,16-19,27-28H,7,10-15H2,1-6H3. The maximum Gasteiger partial charge on any atom is 0.161 e. The molecule has 1 aliphatic rings. The third kappa shape index (κ3) is 6.78. The Morgan fingerprint density at radius 3 is 2.36 bits per heavy atom. The van der Waals surface area contributed by atoms with Crippen LogP contribution in [0.4, 0.5) is 0 Å². The Hall–Kier alpha value is -2.44. The van der Waals surface area contributed by atoms with Gasteiger partial charge in [-0.05, 0) is 80.2 Å². The van der Waals surface area contributed by atoms with E-state index in [9.17, 15) is 0 Å². The second-order valence-corrected chi connectivity index (χ2v) is 9.29. The molecule has 1 heterocycles. The summed E-state index contributed by atoms with van der Waals surface area (Å²) in [6, 6.07) is 10.6. The largest absolute Gasteiger partial charge is 0.493 e. The summed E-state index contributed by atoms with van der Waals surface area (Å²) in [6.45, 7) is 7.63. The van der Waals surface area contributed by atoms with Crippen LogP contribution in [0.3, 0.4) is 0 Å². The lowest BCUT2D eigenvalue weighted by Gasteiger charge is -2.29. The number of hydrogen-bond acceptors (Lipinski definition) is 6. The molecule has 1 aliphatic heterocycles. The maximum absolute atomic E-state index is 6.13. The van der Waals surface area contributed by atoms with Crippen LogP contribution in [-0.2, 0) is 6.42 Å². The van der Waals surface area contributed by atoms with Crippen LogP contribution in [0.5, 0.6) is 23.0 Å². The van der Waals surface area contributed by atoms with Crippen LogP contribution in [-0.4, -0.2) is 59.5 Å². The third-order valence-electron chi connectivity index (χ3n) is 5.96. The van der Waals surface area contributed by atoms with Crippen molar-refractivity contribution in [1.29, 1.82) is 0 Å². The molecule has 0 aliphatic carbocycles. The van der Waals surface area contributed by atoms with Gasteiger partial charge in [0, 0.05) is 13.1 Å². The van der Waals surface area contributed by atoms with Crippen LogP contribution in [0.1, 0.15) is 49.4 Å². The maximum atomic E-state index is 6.13. The first-order valence-electron chi connectivity index (χ1n) is 11.9. The number of ether oxygens (including phenoxy) is 4. The van der Waals surface area contributed by atoms with Crippen LogP contribution < -0.4 is 24.3 Å². The Kier molecular flexibility index (Phi) is 9.27. The molecule has 6 nitrogen and oxygen atoms in total. The van der Waals surface area contributed by atoms with E-state index in [0.717, 1.165) is 60.9 Å². The minimum atomic E-state index is 0.0578. The fourth-order valence-electron chi connectivity index (χ4n) is 4.08. The van der Waals surface area contributed by atoms with Gasteiger partial charge in [-0.2, -0.15) is 0 Å². The van der Waals surface area contributed by atoms with E-state index in [1.54, 1.807) is 14.2 Å². The van der Waals surface area contributed by atoms with Gasteiger partial charge in [-0.1, -0.05) is 19.9 Å². The van der Waals surface area contributed by atoms with Crippen molar-refractivity contribution >= 4 is 0 Å². The molecule has 6 heteroatoms. The van der Waals surface area contributed by atoms with Gasteiger partial charge in [0.15, 0.2) is 23.0 Å². The third-order valence-corrected chi connectivity index (χ3v) is 5.96. The molecular weight excluding hydrogens is 416 g/mol. The zero-order valence-electron chi connectivity index (χ0n) is 21.1. The lowest BCUT2D eigenvalue weighted by molar-refractivity contribution is 0.267. The molecule has 0 bridgehead atoms. The molecule has 1 N–H and O–H groups in total. The second kappa shape index (κ2) is 12.1. The zero-order valence-corrected chi connectivity index (χ0v) is 21.1. The second-order valence-electron chi connectivity index (χ2n) is 9.29. The van der Waals surface area contributed by atoms with Crippen molar-refractivity contribution in [3.63, 3.8) is 0 Å². The van der Waals surface area contributed by atoms with Crippen LogP contribution in [0.15, 0.2) is 30.3 Å². The van der Waals surface area contributed by atoms with Crippen molar-refractivity contribution in [3.05, 3.63) is 47.0 Å². The smallest absolute Gasteiger partial charge is 0.161 e. The molecule has 0 spiro atoms. The van der Waals surface area contributed by atoms with Crippen molar-refractivity contribution < 1.29 is 18.9 Å². The molecule has 1 atom stereocenters. The van der Waals surface area contributed by atoms with E-state index in [1.165, 1.54) is 11.1 Å². The average molecular weight is 457 g/mol. The van der Waals surface area contributed by atoms with E-state index < -0.39 is 0 Å². The Labute approximate surface area is 199 Å². The minimum absolute atomic E-state index is 0.0578. The lowest BCUT2D eigenvalue weighted by atomic mass is 9.89. The first-order chi connectivity index (χ1) is 15.9. The zero-order chi connectivity index (χ0) is 23.8.